The molecule has 2 aromatic rings. The lowest BCUT2D eigenvalue weighted by atomic mass is 9.87. The van der Waals surface area contributed by atoms with Crippen molar-refractivity contribution in [2.45, 2.75) is 32.4 Å². The number of rotatable bonds is 4. The van der Waals surface area contributed by atoms with E-state index in [2.05, 4.69) is 0 Å². The zero-order chi connectivity index (χ0) is 16.3. The van der Waals surface area contributed by atoms with Crippen LogP contribution in [0.5, 0.6) is 5.75 Å². The topological polar surface area (TPSA) is 9.23 Å². The Hall–Kier alpha value is -1.97. The zero-order valence-corrected chi connectivity index (χ0v) is 12.9. The molecule has 0 aliphatic carbocycles. The van der Waals surface area contributed by atoms with Crippen LogP contribution >= 0.6 is 0 Å². The summed E-state index contributed by atoms with van der Waals surface area (Å²) in [5.41, 5.74) is 3.19. The molecule has 0 saturated carbocycles. The molecule has 0 fully saturated rings. The zero-order valence-electron chi connectivity index (χ0n) is 12.9. The maximum atomic E-state index is 13.0. The Balaban J connectivity index is 2.44. The van der Waals surface area contributed by atoms with Crippen molar-refractivity contribution in [3.05, 3.63) is 64.7 Å². The third-order valence-electron chi connectivity index (χ3n) is 3.74. The van der Waals surface area contributed by atoms with Crippen molar-refractivity contribution < 1.29 is 17.9 Å². The Kier molecular flexibility index (Phi) is 4.79. The summed E-state index contributed by atoms with van der Waals surface area (Å²) in [4.78, 5) is 0. The summed E-state index contributed by atoms with van der Waals surface area (Å²) in [6, 6.07) is 12.4. The van der Waals surface area contributed by atoms with E-state index in [1.807, 2.05) is 26.0 Å². The molecule has 0 aliphatic heterocycles. The normalized spacial score (nSPS) is 13.0. The van der Waals surface area contributed by atoms with E-state index in [-0.39, 0.29) is 0 Å². The molecule has 2 aromatic carbocycles. The lowest BCUT2D eigenvalue weighted by Crippen LogP contribution is -2.15. The predicted octanol–water partition coefficient (Wildman–Crippen LogP) is 5.40. The second kappa shape index (κ2) is 6.42. The third-order valence-corrected chi connectivity index (χ3v) is 3.74. The number of halogens is 3. The number of aryl methyl sites for hydroxylation is 2. The molecule has 1 atom stereocenters. The van der Waals surface area contributed by atoms with Crippen LogP contribution in [0.15, 0.2) is 42.5 Å². The van der Waals surface area contributed by atoms with Crippen molar-refractivity contribution in [3.8, 4) is 5.75 Å². The molecule has 118 valence electrons. The van der Waals surface area contributed by atoms with Crippen molar-refractivity contribution in [3.63, 3.8) is 0 Å². The van der Waals surface area contributed by atoms with Gasteiger partial charge >= 0.3 is 6.18 Å². The Morgan fingerprint density at radius 3 is 2.05 bits per heavy atom. The van der Waals surface area contributed by atoms with Gasteiger partial charge < -0.3 is 4.74 Å². The molecule has 0 bridgehead atoms. The van der Waals surface area contributed by atoms with Crippen LogP contribution in [0.1, 0.15) is 34.6 Å². The molecular weight excluding hydrogens is 289 g/mol. The molecule has 0 aliphatic rings. The lowest BCUT2D eigenvalue weighted by Gasteiger charge is -2.21. The van der Waals surface area contributed by atoms with Gasteiger partial charge in [-0.05, 0) is 36.6 Å². The molecule has 22 heavy (non-hydrogen) atoms. The minimum absolute atomic E-state index is 0.652. The van der Waals surface area contributed by atoms with Gasteiger partial charge in [-0.1, -0.05) is 42.0 Å². The third kappa shape index (κ3) is 4.03. The number of benzene rings is 2. The Morgan fingerprint density at radius 2 is 1.55 bits per heavy atom. The van der Waals surface area contributed by atoms with Crippen molar-refractivity contribution in [2.24, 2.45) is 0 Å². The largest absolute Gasteiger partial charge is 0.496 e. The van der Waals surface area contributed by atoms with E-state index in [0.29, 0.717) is 16.9 Å². The van der Waals surface area contributed by atoms with Gasteiger partial charge in [-0.3, -0.25) is 0 Å². The number of ether oxygens (including phenoxy) is 1. The second-order valence-electron chi connectivity index (χ2n) is 5.51. The number of hydrogen-bond donors (Lipinski definition) is 0. The number of methoxy groups -OCH3 is 1. The molecule has 0 amide bonds. The molecule has 1 unspecified atom stereocenters. The summed E-state index contributed by atoms with van der Waals surface area (Å²) in [6.45, 7) is 3.75. The highest BCUT2D eigenvalue weighted by Gasteiger charge is 2.33. The molecule has 0 aromatic heterocycles. The van der Waals surface area contributed by atoms with Gasteiger partial charge in [0, 0.05) is 5.92 Å². The Bertz CT molecular complexity index is 630. The highest BCUT2D eigenvalue weighted by Crippen LogP contribution is 2.37. The minimum atomic E-state index is -4.22. The maximum absolute atomic E-state index is 13.0. The van der Waals surface area contributed by atoms with Gasteiger partial charge in [0.15, 0.2) is 0 Å². The van der Waals surface area contributed by atoms with Gasteiger partial charge in [0.2, 0.25) is 0 Å². The molecule has 0 saturated heterocycles. The smallest absolute Gasteiger partial charge is 0.390 e. The van der Waals surface area contributed by atoms with Gasteiger partial charge in [0.05, 0.1) is 13.5 Å². The van der Waals surface area contributed by atoms with Gasteiger partial charge in [0.25, 0.3) is 0 Å². The molecular formula is C18H19F3O. The van der Waals surface area contributed by atoms with Gasteiger partial charge in [-0.25, -0.2) is 0 Å². The van der Waals surface area contributed by atoms with E-state index in [9.17, 15) is 13.2 Å². The summed E-state index contributed by atoms with van der Waals surface area (Å²) in [5.74, 6) is -0.0244. The number of alkyl halides is 3. The highest BCUT2D eigenvalue weighted by atomic mass is 19.4. The predicted molar refractivity (Wildman–Crippen MR) is 81.4 cm³/mol. The first-order chi connectivity index (χ1) is 10.3. The fourth-order valence-electron chi connectivity index (χ4n) is 2.58. The van der Waals surface area contributed by atoms with Crippen molar-refractivity contribution in [1.82, 2.24) is 0 Å². The summed E-state index contributed by atoms with van der Waals surface area (Å²) in [5, 5.41) is 0. The standard InChI is InChI=1S/C18H19F3O/c1-12-4-6-14(7-5-12)16(11-18(19,20)21)15-8-9-17(22-3)13(2)10-15/h4-10,16H,11H2,1-3H3. The summed E-state index contributed by atoms with van der Waals surface area (Å²) in [7, 11) is 1.55. The van der Waals surface area contributed by atoms with E-state index in [1.165, 1.54) is 0 Å². The van der Waals surface area contributed by atoms with E-state index in [0.717, 1.165) is 11.1 Å². The van der Waals surface area contributed by atoms with Crippen molar-refractivity contribution in [2.75, 3.05) is 7.11 Å². The van der Waals surface area contributed by atoms with Crippen LogP contribution in [-0.4, -0.2) is 13.3 Å². The van der Waals surface area contributed by atoms with E-state index in [4.69, 9.17) is 4.74 Å². The Labute approximate surface area is 128 Å². The van der Waals surface area contributed by atoms with Crippen LogP contribution < -0.4 is 4.74 Å². The van der Waals surface area contributed by atoms with Gasteiger partial charge in [-0.2, -0.15) is 13.2 Å². The first-order valence-corrected chi connectivity index (χ1v) is 7.08. The average Bonchev–Trinajstić information content (AvgIpc) is 2.45. The van der Waals surface area contributed by atoms with Crippen LogP contribution in [0.4, 0.5) is 13.2 Å². The van der Waals surface area contributed by atoms with Gasteiger partial charge in [0.1, 0.15) is 5.75 Å². The summed E-state index contributed by atoms with van der Waals surface area (Å²) >= 11 is 0. The summed E-state index contributed by atoms with van der Waals surface area (Å²) < 4.78 is 44.1. The summed E-state index contributed by atoms with van der Waals surface area (Å²) in [6.07, 6.45) is -5.09. The molecule has 2 rings (SSSR count). The molecule has 0 radical (unpaired) electrons. The van der Waals surface area contributed by atoms with Crippen LogP contribution in [0, 0.1) is 13.8 Å². The molecule has 0 spiro atoms. The van der Waals surface area contributed by atoms with E-state index < -0.39 is 18.5 Å². The molecule has 4 heteroatoms. The molecule has 0 heterocycles. The number of hydrogen-bond acceptors (Lipinski definition) is 1. The van der Waals surface area contributed by atoms with Crippen LogP contribution in [0.3, 0.4) is 0 Å². The molecule has 1 nitrogen and oxygen atoms in total. The van der Waals surface area contributed by atoms with E-state index >= 15 is 0 Å². The van der Waals surface area contributed by atoms with Crippen molar-refractivity contribution in [1.29, 1.82) is 0 Å². The quantitative estimate of drug-likeness (QED) is 0.735. The van der Waals surface area contributed by atoms with E-state index in [1.54, 1.807) is 37.4 Å². The fourth-order valence-corrected chi connectivity index (χ4v) is 2.58. The second-order valence-corrected chi connectivity index (χ2v) is 5.51. The SMILES string of the molecule is COc1ccc(C(CC(F)(F)F)c2ccc(C)cc2)cc1C. The highest BCUT2D eigenvalue weighted by molar-refractivity contribution is 5.41. The van der Waals surface area contributed by atoms with Crippen LogP contribution in [0.2, 0.25) is 0 Å². The van der Waals surface area contributed by atoms with Gasteiger partial charge in [-0.15, -0.1) is 0 Å². The molecule has 0 N–H and O–H groups in total. The first kappa shape index (κ1) is 16.4. The first-order valence-electron chi connectivity index (χ1n) is 7.08. The average molecular weight is 308 g/mol. The monoisotopic (exact) mass is 308 g/mol. The Morgan fingerprint density at radius 1 is 0.955 bits per heavy atom. The van der Waals surface area contributed by atoms with Crippen LogP contribution in [0.25, 0.3) is 0 Å². The lowest BCUT2D eigenvalue weighted by molar-refractivity contribution is -0.136. The fraction of sp³-hybridized carbons (Fsp3) is 0.333. The van der Waals surface area contributed by atoms with Crippen molar-refractivity contribution >= 4 is 0 Å². The van der Waals surface area contributed by atoms with Crippen LogP contribution in [-0.2, 0) is 0 Å². The maximum Gasteiger partial charge on any atom is 0.390 e. The minimum Gasteiger partial charge on any atom is -0.496 e.